The largest absolute Gasteiger partial charge is 0.486 e. The van der Waals surface area contributed by atoms with Gasteiger partial charge in [0.25, 0.3) is 5.56 Å². The third kappa shape index (κ3) is 3.53. The predicted octanol–water partition coefficient (Wildman–Crippen LogP) is 3.58. The van der Waals surface area contributed by atoms with Crippen molar-refractivity contribution >= 4 is 16.6 Å². The molecule has 0 fully saturated rings. The number of ether oxygens (including phenoxy) is 2. The van der Waals surface area contributed by atoms with Gasteiger partial charge in [0.05, 0.1) is 11.1 Å². The molecule has 1 N–H and O–H groups in total. The Morgan fingerprint density at radius 2 is 1.89 bits per heavy atom. The Balaban J connectivity index is 1.57. The molecule has 0 saturated heterocycles. The number of anilines is 1. The van der Waals surface area contributed by atoms with Crippen molar-refractivity contribution < 1.29 is 9.47 Å². The Kier molecular flexibility index (Phi) is 5.01. The number of tetrazole rings is 1. The van der Waals surface area contributed by atoms with Crippen LogP contribution in [0.1, 0.15) is 50.2 Å². The average Bonchev–Trinajstić information content (AvgIpc) is 3.52. The molecule has 2 aromatic heterocycles. The Bertz CT molecular complexity index is 1470. The summed E-state index contributed by atoms with van der Waals surface area (Å²) in [6, 6.07) is 13.6. The van der Waals surface area contributed by atoms with E-state index in [1.807, 2.05) is 28.9 Å². The second-order valence-corrected chi connectivity index (χ2v) is 9.73. The average molecular weight is 473 g/mol. The summed E-state index contributed by atoms with van der Waals surface area (Å²) in [6.45, 7) is 8.09. The van der Waals surface area contributed by atoms with Crippen LogP contribution in [0.2, 0.25) is 0 Å². The van der Waals surface area contributed by atoms with Crippen molar-refractivity contribution in [1.29, 1.82) is 0 Å². The first-order chi connectivity index (χ1) is 17.0. The maximum Gasteiger partial charge on any atom is 0.254 e. The SMILES string of the molecule is CCC(C)(C)n1nnnc1[C@H](c1cc2cc3c(cc2[nH]c1=O)OCCO3)N1CCc2ccccc21. The molecule has 4 heterocycles. The van der Waals surface area contributed by atoms with Gasteiger partial charge in [-0.15, -0.1) is 5.10 Å². The molecule has 6 rings (SSSR count). The number of fused-ring (bicyclic) bond motifs is 3. The second kappa shape index (κ2) is 8.11. The fourth-order valence-corrected chi connectivity index (χ4v) is 4.99. The van der Waals surface area contributed by atoms with Gasteiger partial charge in [0.1, 0.15) is 19.3 Å². The number of nitrogens with zero attached hydrogens (tertiary/aromatic N) is 5. The van der Waals surface area contributed by atoms with Crippen molar-refractivity contribution in [2.75, 3.05) is 24.7 Å². The predicted molar refractivity (Wildman–Crippen MR) is 132 cm³/mol. The lowest BCUT2D eigenvalue weighted by molar-refractivity contribution is 0.172. The van der Waals surface area contributed by atoms with E-state index in [0.717, 1.165) is 30.5 Å². The van der Waals surface area contributed by atoms with Crippen LogP contribution in [0.25, 0.3) is 10.9 Å². The highest BCUT2D eigenvalue weighted by Gasteiger charge is 2.37. The molecule has 35 heavy (non-hydrogen) atoms. The number of nitrogens with one attached hydrogen (secondary N) is 1. The van der Waals surface area contributed by atoms with Crippen LogP contribution < -0.4 is 19.9 Å². The molecule has 0 radical (unpaired) electrons. The van der Waals surface area contributed by atoms with Crippen LogP contribution in [0.5, 0.6) is 11.5 Å². The van der Waals surface area contributed by atoms with Crippen molar-refractivity contribution in [2.24, 2.45) is 0 Å². The summed E-state index contributed by atoms with van der Waals surface area (Å²) in [6.07, 6.45) is 1.74. The van der Waals surface area contributed by atoms with Crippen LogP contribution in [-0.2, 0) is 12.0 Å². The van der Waals surface area contributed by atoms with E-state index in [1.54, 1.807) is 0 Å². The number of aromatic nitrogens is 5. The monoisotopic (exact) mass is 472 g/mol. The normalized spacial score (nSPS) is 15.9. The zero-order valence-corrected chi connectivity index (χ0v) is 20.1. The highest BCUT2D eigenvalue weighted by Crippen LogP contribution is 2.40. The van der Waals surface area contributed by atoms with Crippen LogP contribution in [0.15, 0.2) is 47.3 Å². The smallest absolute Gasteiger partial charge is 0.254 e. The molecule has 2 aromatic carbocycles. The zero-order valence-electron chi connectivity index (χ0n) is 20.1. The van der Waals surface area contributed by atoms with Crippen molar-refractivity contribution in [3.05, 3.63) is 69.8 Å². The Morgan fingerprint density at radius 3 is 2.69 bits per heavy atom. The van der Waals surface area contributed by atoms with Crippen LogP contribution in [0, 0.1) is 0 Å². The molecule has 2 aliphatic heterocycles. The van der Waals surface area contributed by atoms with Crippen molar-refractivity contribution in [1.82, 2.24) is 25.2 Å². The number of H-pyrrole nitrogens is 1. The van der Waals surface area contributed by atoms with Gasteiger partial charge < -0.3 is 19.4 Å². The summed E-state index contributed by atoms with van der Waals surface area (Å²) in [4.78, 5) is 18.9. The van der Waals surface area contributed by atoms with Gasteiger partial charge in [-0.2, -0.15) is 0 Å². The van der Waals surface area contributed by atoms with Gasteiger partial charge in [-0.25, -0.2) is 4.68 Å². The number of aromatic amines is 1. The highest BCUT2D eigenvalue weighted by molar-refractivity contribution is 5.83. The second-order valence-electron chi connectivity index (χ2n) is 9.73. The molecule has 0 saturated carbocycles. The van der Waals surface area contributed by atoms with Gasteiger partial charge >= 0.3 is 0 Å². The number of hydrogen-bond donors (Lipinski definition) is 1. The Labute approximate surface area is 202 Å². The van der Waals surface area contributed by atoms with Crippen molar-refractivity contribution in [2.45, 2.75) is 45.2 Å². The summed E-state index contributed by atoms with van der Waals surface area (Å²) >= 11 is 0. The zero-order chi connectivity index (χ0) is 24.2. The molecule has 9 heteroatoms. The van der Waals surface area contributed by atoms with Crippen LogP contribution in [0.4, 0.5) is 5.69 Å². The molecule has 0 amide bonds. The molecule has 9 nitrogen and oxygen atoms in total. The van der Waals surface area contributed by atoms with E-state index in [2.05, 4.69) is 64.4 Å². The number of pyridine rings is 1. The first-order valence-corrected chi connectivity index (χ1v) is 12.1. The summed E-state index contributed by atoms with van der Waals surface area (Å²) in [5, 5.41) is 13.8. The van der Waals surface area contributed by atoms with Crippen LogP contribution >= 0.6 is 0 Å². The van der Waals surface area contributed by atoms with E-state index in [4.69, 9.17) is 9.47 Å². The summed E-state index contributed by atoms with van der Waals surface area (Å²) in [7, 11) is 0. The van der Waals surface area contributed by atoms with E-state index in [-0.39, 0.29) is 11.1 Å². The molecular formula is C26H28N6O3. The quantitative estimate of drug-likeness (QED) is 0.474. The number of para-hydroxylation sites is 1. The topological polar surface area (TPSA) is 98.2 Å². The van der Waals surface area contributed by atoms with E-state index >= 15 is 0 Å². The van der Waals surface area contributed by atoms with Gasteiger partial charge in [-0.3, -0.25) is 4.79 Å². The van der Waals surface area contributed by atoms with E-state index < -0.39 is 6.04 Å². The summed E-state index contributed by atoms with van der Waals surface area (Å²) in [5.74, 6) is 1.98. The van der Waals surface area contributed by atoms with Crippen molar-refractivity contribution in [3.8, 4) is 11.5 Å². The standard InChI is InChI=1S/C26H28N6O3/c1-4-26(2,3)32-24(28-29-30-32)23(31-10-9-16-7-5-6-8-20(16)31)18-13-17-14-21-22(35-12-11-34-21)15-19(17)27-25(18)33/h5-8,13-15,23H,4,9-12H2,1-3H3,(H,27,33)/t23-/m0/s1. The minimum atomic E-state index is -0.458. The molecule has 2 aliphatic rings. The van der Waals surface area contributed by atoms with Crippen LogP contribution in [-0.4, -0.2) is 44.9 Å². The molecule has 180 valence electrons. The first-order valence-electron chi connectivity index (χ1n) is 12.1. The van der Waals surface area contributed by atoms with Gasteiger partial charge in [0.2, 0.25) is 0 Å². The number of hydrogen-bond acceptors (Lipinski definition) is 7. The lowest BCUT2D eigenvalue weighted by Gasteiger charge is -2.32. The minimum Gasteiger partial charge on any atom is -0.486 e. The lowest BCUT2D eigenvalue weighted by atomic mass is 9.99. The lowest BCUT2D eigenvalue weighted by Crippen LogP contribution is -2.37. The molecule has 4 aromatic rings. The van der Waals surface area contributed by atoms with Crippen LogP contribution in [0.3, 0.4) is 0 Å². The molecule has 0 bridgehead atoms. The molecule has 1 atom stereocenters. The molecule has 0 unspecified atom stereocenters. The number of benzene rings is 2. The van der Waals surface area contributed by atoms with Gasteiger partial charge in [0.15, 0.2) is 17.3 Å². The highest BCUT2D eigenvalue weighted by atomic mass is 16.6. The van der Waals surface area contributed by atoms with Crippen molar-refractivity contribution in [3.63, 3.8) is 0 Å². The molecule has 0 aliphatic carbocycles. The Morgan fingerprint density at radius 1 is 1.11 bits per heavy atom. The molecule has 0 spiro atoms. The minimum absolute atomic E-state index is 0.174. The summed E-state index contributed by atoms with van der Waals surface area (Å²) in [5.41, 5.74) is 3.16. The fraction of sp³-hybridized carbons (Fsp3) is 0.385. The third-order valence-corrected chi connectivity index (χ3v) is 7.24. The molecular weight excluding hydrogens is 444 g/mol. The van der Waals surface area contributed by atoms with Gasteiger partial charge in [-0.1, -0.05) is 25.1 Å². The van der Waals surface area contributed by atoms with E-state index in [1.165, 1.54) is 5.56 Å². The van der Waals surface area contributed by atoms with E-state index in [9.17, 15) is 4.79 Å². The number of rotatable bonds is 5. The summed E-state index contributed by atoms with van der Waals surface area (Å²) < 4.78 is 13.4. The fourth-order valence-electron chi connectivity index (χ4n) is 4.99. The van der Waals surface area contributed by atoms with Gasteiger partial charge in [-0.05, 0) is 60.9 Å². The maximum atomic E-state index is 13.6. The van der Waals surface area contributed by atoms with E-state index in [0.29, 0.717) is 41.6 Å². The first kappa shape index (κ1) is 21.6. The third-order valence-electron chi connectivity index (χ3n) is 7.24. The van der Waals surface area contributed by atoms with Gasteiger partial charge in [0, 0.05) is 29.2 Å². The maximum absolute atomic E-state index is 13.6. The Hall–Kier alpha value is -3.88.